The third-order valence-corrected chi connectivity index (χ3v) is 6.64. The molecule has 0 aliphatic carbocycles. The Labute approximate surface area is 267 Å². The first-order valence-corrected chi connectivity index (χ1v) is 15.1. The molecule has 2 aliphatic heterocycles. The van der Waals surface area contributed by atoms with Gasteiger partial charge in [0.05, 0.1) is 41.8 Å². The number of anilines is 2. The van der Waals surface area contributed by atoms with Crippen molar-refractivity contribution < 1.29 is 41.8 Å². The number of hydrogen-bond acceptors (Lipinski definition) is 11. The highest BCUT2D eigenvalue weighted by Crippen LogP contribution is 2.40. The minimum absolute atomic E-state index is 0.121. The van der Waals surface area contributed by atoms with Gasteiger partial charge in [0.25, 0.3) is 0 Å². The molecule has 254 valence electrons. The molecule has 0 bridgehead atoms. The van der Waals surface area contributed by atoms with Crippen LogP contribution in [0.3, 0.4) is 0 Å². The van der Waals surface area contributed by atoms with E-state index in [-0.39, 0.29) is 28.8 Å². The van der Waals surface area contributed by atoms with Gasteiger partial charge in [0, 0.05) is 25.9 Å². The summed E-state index contributed by atoms with van der Waals surface area (Å²) in [7, 11) is 0. The number of imide groups is 1. The quantitative estimate of drug-likeness (QED) is 0.361. The fourth-order valence-corrected chi connectivity index (χ4v) is 4.93. The zero-order chi connectivity index (χ0) is 34.2. The molecule has 0 N–H and O–H groups in total. The highest BCUT2D eigenvalue weighted by molar-refractivity contribution is 6.09. The number of pyridine rings is 1. The van der Waals surface area contributed by atoms with Crippen molar-refractivity contribution in [3.05, 3.63) is 35.4 Å². The SMILES string of the molecule is CC(C)(C)OC(=O)N(C(=O)OC(C)(C)C)c1ncc(N2CCc3ncnc(O[C@H]4CCN(OC(C)(C)C)C4)c3C2)cc1C(F)(F)F. The summed E-state index contributed by atoms with van der Waals surface area (Å²) in [6.45, 7) is 16.8. The van der Waals surface area contributed by atoms with Crippen LogP contribution in [-0.2, 0) is 33.5 Å². The van der Waals surface area contributed by atoms with Gasteiger partial charge in [-0.3, -0.25) is 4.84 Å². The maximum atomic E-state index is 14.6. The van der Waals surface area contributed by atoms with E-state index >= 15 is 0 Å². The van der Waals surface area contributed by atoms with E-state index in [1.165, 1.54) is 54.1 Å². The molecule has 2 aromatic rings. The summed E-state index contributed by atoms with van der Waals surface area (Å²) in [5, 5.41) is 1.86. The number of carbonyl (C=O) groups is 2. The smallest absolute Gasteiger partial charge is 0.425 e. The zero-order valence-electron chi connectivity index (χ0n) is 27.8. The van der Waals surface area contributed by atoms with E-state index in [0.717, 1.165) is 11.8 Å². The molecule has 2 amide bonds. The van der Waals surface area contributed by atoms with E-state index in [1.54, 1.807) is 4.90 Å². The Hall–Kier alpha value is -3.72. The third-order valence-electron chi connectivity index (χ3n) is 6.64. The first-order chi connectivity index (χ1) is 21.1. The van der Waals surface area contributed by atoms with Crippen LogP contribution >= 0.6 is 0 Å². The van der Waals surface area contributed by atoms with E-state index in [0.29, 0.717) is 43.9 Å². The number of carbonyl (C=O) groups excluding carboxylic acids is 2. The van der Waals surface area contributed by atoms with Gasteiger partial charge in [-0.1, -0.05) is 0 Å². The van der Waals surface area contributed by atoms with Crippen molar-refractivity contribution in [1.29, 1.82) is 0 Å². The largest absolute Gasteiger partial charge is 0.473 e. The molecule has 0 unspecified atom stereocenters. The second-order valence-corrected chi connectivity index (χ2v) is 14.3. The van der Waals surface area contributed by atoms with Crippen LogP contribution in [0.4, 0.5) is 34.3 Å². The molecule has 4 heterocycles. The molecule has 46 heavy (non-hydrogen) atoms. The number of hydroxylamine groups is 2. The van der Waals surface area contributed by atoms with E-state index < -0.39 is 40.9 Å². The Balaban J connectivity index is 1.64. The van der Waals surface area contributed by atoms with Gasteiger partial charge in [-0.05, 0) is 68.4 Å². The number of amides is 2. The lowest BCUT2D eigenvalue weighted by molar-refractivity contribution is -0.219. The minimum Gasteiger partial charge on any atom is -0.473 e. The zero-order valence-corrected chi connectivity index (χ0v) is 27.8. The first kappa shape index (κ1) is 35.1. The molecular weight excluding hydrogens is 609 g/mol. The van der Waals surface area contributed by atoms with Crippen molar-refractivity contribution in [2.45, 2.75) is 111 Å². The topological polar surface area (TPSA) is 119 Å². The lowest BCUT2D eigenvalue weighted by atomic mass is 10.1. The van der Waals surface area contributed by atoms with Crippen molar-refractivity contribution in [2.24, 2.45) is 0 Å². The first-order valence-electron chi connectivity index (χ1n) is 15.1. The Kier molecular flexibility index (Phi) is 9.79. The number of alkyl halides is 3. The number of rotatable bonds is 5. The summed E-state index contributed by atoms with van der Waals surface area (Å²) in [5.41, 5.74) is -2.37. The van der Waals surface area contributed by atoms with Crippen molar-refractivity contribution in [1.82, 2.24) is 20.0 Å². The molecule has 0 saturated carbocycles. The van der Waals surface area contributed by atoms with Crippen molar-refractivity contribution >= 4 is 23.7 Å². The summed E-state index contributed by atoms with van der Waals surface area (Å²) in [6.07, 6.45) is -4.15. The van der Waals surface area contributed by atoms with E-state index in [9.17, 15) is 22.8 Å². The van der Waals surface area contributed by atoms with Crippen LogP contribution in [0.2, 0.25) is 0 Å². The molecule has 1 fully saturated rings. The van der Waals surface area contributed by atoms with Crippen molar-refractivity contribution in [3.8, 4) is 5.88 Å². The van der Waals surface area contributed by atoms with Crippen LogP contribution in [0.1, 0.15) is 85.6 Å². The number of ether oxygens (including phenoxy) is 3. The third kappa shape index (κ3) is 9.18. The average molecular weight is 653 g/mol. The van der Waals surface area contributed by atoms with Crippen molar-refractivity contribution in [2.75, 3.05) is 29.4 Å². The van der Waals surface area contributed by atoms with E-state index in [2.05, 4.69) is 15.0 Å². The van der Waals surface area contributed by atoms with Gasteiger partial charge in [-0.2, -0.15) is 23.1 Å². The fourth-order valence-electron chi connectivity index (χ4n) is 4.93. The summed E-state index contributed by atoms with van der Waals surface area (Å²) >= 11 is 0. The number of aromatic nitrogens is 3. The molecule has 2 aliphatic rings. The second kappa shape index (κ2) is 12.8. The minimum atomic E-state index is -4.99. The summed E-state index contributed by atoms with van der Waals surface area (Å²) in [4.78, 5) is 46.8. The Morgan fingerprint density at radius 2 is 1.52 bits per heavy atom. The predicted octanol–water partition coefficient (Wildman–Crippen LogP) is 6.31. The monoisotopic (exact) mass is 652 g/mol. The molecule has 1 atom stereocenters. The average Bonchev–Trinajstić information content (AvgIpc) is 3.31. The molecule has 2 aromatic heterocycles. The van der Waals surface area contributed by atoms with Gasteiger partial charge in [-0.25, -0.2) is 24.5 Å². The molecule has 0 spiro atoms. The lowest BCUT2D eigenvalue weighted by Gasteiger charge is -2.32. The fraction of sp³-hybridized carbons (Fsp3) is 0.645. The van der Waals surface area contributed by atoms with Gasteiger partial charge in [-0.15, -0.1) is 0 Å². The van der Waals surface area contributed by atoms with Gasteiger partial charge < -0.3 is 19.1 Å². The van der Waals surface area contributed by atoms with Crippen LogP contribution in [-0.4, -0.2) is 74.7 Å². The Morgan fingerprint density at radius 1 is 0.891 bits per heavy atom. The summed E-state index contributed by atoms with van der Waals surface area (Å²) < 4.78 is 60.5. The van der Waals surface area contributed by atoms with Crippen LogP contribution in [0, 0.1) is 0 Å². The van der Waals surface area contributed by atoms with Crippen LogP contribution < -0.4 is 14.5 Å². The molecule has 1 saturated heterocycles. The molecule has 0 radical (unpaired) electrons. The highest BCUT2D eigenvalue weighted by atomic mass is 19.4. The maximum Gasteiger partial charge on any atom is 0.425 e. The van der Waals surface area contributed by atoms with Gasteiger partial charge in [0.2, 0.25) is 5.88 Å². The second-order valence-electron chi connectivity index (χ2n) is 14.3. The predicted molar refractivity (Wildman–Crippen MR) is 162 cm³/mol. The van der Waals surface area contributed by atoms with Crippen LogP contribution in [0.15, 0.2) is 18.6 Å². The van der Waals surface area contributed by atoms with Gasteiger partial charge in [0.15, 0.2) is 5.82 Å². The number of halogens is 3. The van der Waals surface area contributed by atoms with Gasteiger partial charge >= 0.3 is 18.4 Å². The maximum absolute atomic E-state index is 14.6. The van der Waals surface area contributed by atoms with Crippen molar-refractivity contribution in [3.63, 3.8) is 0 Å². The van der Waals surface area contributed by atoms with Crippen LogP contribution in [0.25, 0.3) is 0 Å². The summed E-state index contributed by atoms with van der Waals surface area (Å²) in [5.74, 6) is -0.591. The summed E-state index contributed by atoms with van der Waals surface area (Å²) in [6, 6.07) is 0.859. The van der Waals surface area contributed by atoms with E-state index in [4.69, 9.17) is 19.0 Å². The van der Waals surface area contributed by atoms with Gasteiger partial charge in [0.1, 0.15) is 29.2 Å². The molecular formula is C31H43F3N6O6. The highest BCUT2D eigenvalue weighted by Gasteiger charge is 2.43. The number of fused-ring (bicyclic) bond motifs is 1. The Bertz CT molecular complexity index is 1410. The molecule has 0 aromatic carbocycles. The molecule has 4 rings (SSSR count). The molecule has 12 nitrogen and oxygen atoms in total. The number of nitrogens with zero attached hydrogens (tertiary/aromatic N) is 6. The van der Waals surface area contributed by atoms with E-state index in [1.807, 2.05) is 25.8 Å². The Morgan fingerprint density at radius 3 is 2.09 bits per heavy atom. The van der Waals surface area contributed by atoms with Crippen LogP contribution in [0.5, 0.6) is 5.88 Å². The lowest BCUT2D eigenvalue weighted by Crippen LogP contribution is -2.45. The molecule has 15 heteroatoms. The normalized spacial score (nSPS) is 17.8. The standard InChI is InChI=1S/C31H43F3N6O6/c1-28(2,3)44-26(41)40(27(42)45-29(4,5)6)24-22(31(32,33)34)14-19(15-35-24)38-12-11-23-21(17-38)25(37-18-36-23)43-20-10-13-39(16-20)46-30(7,8)9/h14-15,18,20H,10-13,16-17H2,1-9H3/t20-/m0/s1. The number of hydrogen-bond donors (Lipinski definition) is 0.